The largest absolute Gasteiger partial charge is 0.449 e. The first-order chi connectivity index (χ1) is 10.9. The molecule has 24 heavy (non-hydrogen) atoms. The Bertz CT molecular complexity index is 611. The van der Waals surface area contributed by atoms with Crippen molar-refractivity contribution in [1.29, 1.82) is 0 Å². The van der Waals surface area contributed by atoms with Crippen molar-refractivity contribution >= 4 is 14.3 Å². The molecule has 3 nitrogen and oxygen atoms in total. The maximum absolute atomic E-state index is 12.3. The van der Waals surface area contributed by atoms with Crippen LogP contribution in [-0.2, 0) is 14.0 Å². The molecule has 0 N–H and O–H groups in total. The van der Waals surface area contributed by atoms with E-state index in [-0.39, 0.29) is 17.1 Å². The molecule has 134 valence electrons. The molecular formula is C20H32O3Si. The number of hydrogen-bond donors (Lipinski definition) is 0. The van der Waals surface area contributed by atoms with Gasteiger partial charge < -0.3 is 9.16 Å². The summed E-state index contributed by atoms with van der Waals surface area (Å²) in [5.41, 5.74) is 1.01. The van der Waals surface area contributed by atoms with Gasteiger partial charge in [-0.05, 0) is 55.6 Å². The minimum absolute atomic E-state index is 0.0967. The maximum Gasteiger partial charge on any atom is 0.307 e. The summed E-state index contributed by atoms with van der Waals surface area (Å²) in [6, 6.07) is 0. The van der Waals surface area contributed by atoms with Crippen LogP contribution in [0.5, 0.6) is 0 Å². The Morgan fingerprint density at radius 1 is 1.33 bits per heavy atom. The third-order valence-corrected chi connectivity index (χ3v) is 11.0. The quantitative estimate of drug-likeness (QED) is 0.391. The van der Waals surface area contributed by atoms with Gasteiger partial charge in [0.25, 0.3) is 0 Å². The highest BCUT2D eigenvalue weighted by atomic mass is 28.4. The molecule has 0 amide bonds. The number of rotatable bonds is 5. The van der Waals surface area contributed by atoms with E-state index in [1.54, 1.807) is 6.08 Å². The van der Waals surface area contributed by atoms with E-state index in [0.717, 1.165) is 5.57 Å². The molecule has 0 bridgehead atoms. The molecule has 0 aromatic heterocycles. The van der Waals surface area contributed by atoms with Crippen molar-refractivity contribution in [3.05, 3.63) is 36.5 Å². The number of carbonyl (C=O) groups excluding carboxylic acids is 1. The predicted octanol–water partition coefficient (Wildman–Crippen LogP) is 5.16. The van der Waals surface area contributed by atoms with E-state index in [1.165, 1.54) is 5.57 Å². The molecule has 0 radical (unpaired) electrons. The second-order valence-electron chi connectivity index (χ2n) is 8.81. The average molecular weight is 349 g/mol. The Kier molecular flexibility index (Phi) is 4.56. The standard InChI is InChI=1S/C20H32O3Si/c1-10-12-19-13-16(21)22-20(19,11-2)15(4)14(3)17(19)23-24(8,9)18(5,6)7/h10-11,17H,1-2,12-13H2,3-9H3/t17-,19-,20+/m1/s1. The van der Waals surface area contributed by atoms with Gasteiger partial charge >= 0.3 is 5.97 Å². The molecule has 0 unspecified atom stereocenters. The lowest BCUT2D eigenvalue weighted by Crippen LogP contribution is -2.52. The van der Waals surface area contributed by atoms with E-state index in [2.05, 4.69) is 53.9 Å². The zero-order valence-corrected chi connectivity index (χ0v) is 17.3. The lowest BCUT2D eigenvalue weighted by molar-refractivity contribution is -0.144. The highest BCUT2D eigenvalue weighted by molar-refractivity contribution is 6.74. The van der Waals surface area contributed by atoms with Crippen molar-refractivity contribution in [1.82, 2.24) is 0 Å². The fourth-order valence-corrected chi connectivity index (χ4v) is 5.35. The molecule has 1 saturated heterocycles. The van der Waals surface area contributed by atoms with Gasteiger partial charge in [0.2, 0.25) is 0 Å². The number of esters is 1. The number of fused-ring (bicyclic) bond motifs is 1. The zero-order valence-electron chi connectivity index (χ0n) is 16.3. The average Bonchev–Trinajstić information content (AvgIpc) is 2.82. The third kappa shape index (κ3) is 2.38. The summed E-state index contributed by atoms with van der Waals surface area (Å²) in [5, 5.41) is 0.0967. The van der Waals surface area contributed by atoms with Crippen LogP contribution in [0.3, 0.4) is 0 Å². The molecule has 1 aliphatic heterocycles. The van der Waals surface area contributed by atoms with E-state index < -0.39 is 19.3 Å². The second-order valence-corrected chi connectivity index (χ2v) is 13.6. The Hall–Kier alpha value is -1.13. The van der Waals surface area contributed by atoms with Gasteiger partial charge in [0, 0.05) is 0 Å². The van der Waals surface area contributed by atoms with Crippen LogP contribution in [0.25, 0.3) is 0 Å². The topological polar surface area (TPSA) is 35.5 Å². The van der Waals surface area contributed by atoms with Crippen LogP contribution < -0.4 is 0 Å². The molecule has 1 heterocycles. The Balaban J connectivity index is 2.60. The van der Waals surface area contributed by atoms with Crippen LogP contribution in [0.1, 0.15) is 47.5 Å². The van der Waals surface area contributed by atoms with Gasteiger partial charge in [0.05, 0.1) is 17.9 Å². The Morgan fingerprint density at radius 2 is 1.92 bits per heavy atom. The number of ether oxygens (including phenoxy) is 1. The smallest absolute Gasteiger partial charge is 0.307 e. The number of hydrogen-bond acceptors (Lipinski definition) is 3. The minimum atomic E-state index is -2.01. The normalized spacial score (nSPS) is 33.5. The van der Waals surface area contributed by atoms with Crippen molar-refractivity contribution in [2.24, 2.45) is 5.41 Å². The summed E-state index contributed by atoms with van der Waals surface area (Å²) >= 11 is 0. The van der Waals surface area contributed by atoms with Gasteiger partial charge in [-0.2, -0.15) is 0 Å². The van der Waals surface area contributed by atoms with Gasteiger partial charge in [-0.25, -0.2) is 0 Å². The lowest BCUT2D eigenvalue weighted by atomic mass is 9.67. The third-order valence-electron chi connectivity index (χ3n) is 6.53. The van der Waals surface area contributed by atoms with Crippen LogP contribution in [0.2, 0.25) is 18.1 Å². The molecule has 1 fully saturated rings. The monoisotopic (exact) mass is 348 g/mol. The summed E-state index contributed by atoms with van der Waals surface area (Å²) < 4.78 is 12.7. The van der Waals surface area contributed by atoms with Crippen molar-refractivity contribution < 1.29 is 14.0 Å². The fourth-order valence-electron chi connectivity index (χ4n) is 4.01. The molecule has 0 aromatic carbocycles. The lowest BCUT2D eigenvalue weighted by Gasteiger charge is -2.46. The molecular weight excluding hydrogens is 316 g/mol. The summed E-state index contributed by atoms with van der Waals surface area (Å²) in [6.45, 7) is 23.3. The zero-order chi connectivity index (χ0) is 18.6. The van der Waals surface area contributed by atoms with Gasteiger partial charge in [-0.3, -0.25) is 4.79 Å². The van der Waals surface area contributed by atoms with Crippen molar-refractivity contribution in [2.75, 3.05) is 0 Å². The second kappa shape index (κ2) is 5.70. The summed E-state index contributed by atoms with van der Waals surface area (Å²) in [5.74, 6) is -0.174. The van der Waals surface area contributed by atoms with Crippen LogP contribution in [0.4, 0.5) is 0 Å². The molecule has 1 aliphatic carbocycles. The highest BCUT2D eigenvalue weighted by Gasteiger charge is 2.68. The molecule has 0 spiro atoms. The molecule has 2 aliphatic rings. The summed E-state index contributed by atoms with van der Waals surface area (Å²) in [7, 11) is -2.01. The van der Waals surface area contributed by atoms with Gasteiger partial charge in [0.1, 0.15) is 0 Å². The first-order valence-corrected chi connectivity index (χ1v) is 11.6. The molecule has 0 saturated carbocycles. The Morgan fingerprint density at radius 3 is 2.38 bits per heavy atom. The van der Waals surface area contributed by atoms with Crippen LogP contribution in [-0.4, -0.2) is 26.0 Å². The maximum atomic E-state index is 12.3. The highest BCUT2D eigenvalue weighted by Crippen LogP contribution is 2.62. The van der Waals surface area contributed by atoms with E-state index in [0.29, 0.717) is 12.8 Å². The van der Waals surface area contributed by atoms with Crippen molar-refractivity contribution in [3.8, 4) is 0 Å². The van der Waals surface area contributed by atoms with E-state index in [4.69, 9.17) is 9.16 Å². The summed E-state index contributed by atoms with van der Waals surface area (Å²) in [6.07, 6.45) is 4.56. The molecule has 0 aromatic rings. The van der Waals surface area contributed by atoms with E-state index in [9.17, 15) is 4.79 Å². The predicted molar refractivity (Wildman–Crippen MR) is 101 cm³/mol. The number of carbonyl (C=O) groups is 1. The molecule has 2 rings (SSSR count). The van der Waals surface area contributed by atoms with Crippen LogP contribution in [0, 0.1) is 5.41 Å². The first kappa shape index (κ1) is 19.2. The van der Waals surface area contributed by atoms with E-state index in [1.807, 2.05) is 13.0 Å². The molecule has 4 heteroatoms. The van der Waals surface area contributed by atoms with E-state index >= 15 is 0 Å². The van der Waals surface area contributed by atoms with Crippen molar-refractivity contribution in [3.63, 3.8) is 0 Å². The van der Waals surface area contributed by atoms with Crippen LogP contribution in [0.15, 0.2) is 36.5 Å². The summed E-state index contributed by atoms with van der Waals surface area (Å²) in [4.78, 5) is 12.3. The first-order valence-electron chi connectivity index (χ1n) is 8.70. The van der Waals surface area contributed by atoms with Gasteiger partial charge in [-0.15, -0.1) is 6.58 Å². The van der Waals surface area contributed by atoms with Crippen molar-refractivity contribution in [2.45, 2.75) is 77.3 Å². The van der Waals surface area contributed by atoms with Gasteiger partial charge in [-0.1, -0.05) is 33.4 Å². The molecule has 3 atom stereocenters. The van der Waals surface area contributed by atoms with Gasteiger partial charge in [0.15, 0.2) is 13.9 Å². The Labute approximate surface area is 147 Å². The number of allylic oxidation sites excluding steroid dienone is 1. The minimum Gasteiger partial charge on any atom is -0.449 e. The SMILES string of the molecule is C=CC[C@]12CC(=O)O[C@@]1(C=C)C(C)=C(C)[C@H]2O[Si](C)(C)C(C)(C)C. The van der Waals surface area contributed by atoms with Crippen LogP contribution >= 0.6 is 0 Å². The fraction of sp³-hybridized carbons (Fsp3) is 0.650.